The van der Waals surface area contributed by atoms with Crippen molar-refractivity contribution in [3.63, 3.8) is 0 Å². The Morgan fingerprint density at radius 3 is 2.50 bits per heavy atom. The minimum atomic E-state index is -0.321. The number of aliphatic hydroxyl groups is 1. The molecule has 1 fully saturated rings. The number of benzene rings is 1. The maximum absolute atomic E-state index is 9.99. The fraction of sp³-hybridized carbons (Fsp3) is 0.571. The number of anilines is 1. The van der Waals surface area contributed by atoms with Crippen LogP contribution in [-0.2, 0) is 0 Å². The zero-order valence-electron chi connectivity index (χ0n) is 10.6. The van der Waals surface area contributed by atoms with Crippen molar-refractivity contribution in [3.05, 3.63) is 29.3 Å². The SMILES string of the molecule is O[C@H](CNc1ccc(Cl)cc1)CN1CCCCC1. The number of hydrogen-bond acceptors (Lipinski definition) is 3. The number of piperidine rings is 1. The molecule has 0 bridgehead atoms. The minimum Gasteiger partial charge on any atom is -0.390 e. The summed E-state index contributed by atoms with van der Waals surface area (Å²) >= 11 is 5.82. The van der Waals surface area contributed by atoms with Crippen molar-refractivity contribution in [1.82, 2.24) is 4.90 Å². The van der Waals surface area contributed by atoms with E-state index in [2.05, 4.69) is 10.2 Å². The van der Waals surface area contributed by atoms with Gasteiger partial charge in [-0.1, -0.05) is 18.0 Å². The Hall–Kier alpha value is -0.770. The van der Waals surface area contributed by atoms with Crippen LogP contribution in [0.4, 0.5) is 5.69 Å². The average Bonchev–Trinajstić information content (AvgIpc) is 2.39. The molecule has 2 rings (SSSR count). The quantitative estimate of drug-likeness (QED) is 0.862. The smallest absolute Gasteiger partial charge is 0.0839 e. The summed E-state index contributed by atoms with van der Waals surface area (Å²) in [7, 11) is 0. The van der Waals surface area contributed by atoms with Crippen molar-refractivity contribution >= 4 is 17.3 Å². The molecule has 2 N–H and O–H groups in total. The van der Waals surface area contributed by atoms with Gasteiger partial charge >= 0.3 is 0 Å². The van der Waals surface area contributed by atoms with E-state index in [1.807, 2.05) is 24.3 Å². The summed E-state index contributed by atoms with van der Waals surface area (Å²) in [6.45, 7) is 3.59. The van der Waals surface area contributed by atoms with Crippen molar-refractivity contribution in [2.45, 2.75) is 25.4 Å². The molecule has 0 amide bonds. The molecule has 1 aliphatic rings. The van der Waals surface area contributed by atoms with Gasteiger partial charge in [0.15, 0.2) is 0 Å². The van der Waals surface area contributed by atoms with Crippen LogP contribution in [0.15, 0.2) is 24.3 Å². The predicted octanol–water partition coefficient (Wildman–Crippen LogP) is 2.60. The second-order valence-electron chi connectivity index (χ2n) is 4.90. The molecule has 0 saturated carbocycles. The molecular formula is C14H21ClN2O. The molecule has 0 radical (unpaired) electrons. The summed E-state index contributed by atoms with van der Waals surface area (Å²) in [6, 6.07) is 7.55. The van der Waals surface area contributed by atoms with E-state index in [-0.39, 0.29) is 6.10 Å². The molecule has 1 aromatic rings. The highest BCUT2D eigenvalue weighted by Gasteiger charge is 2.14. The van der Waals surface area contributed by atoms with Crippen LogP contribution < -0.4 is 5.32 Å². The Labute approximate surface area is 114 Å². The Kier molecular flexibility index (Phi) is 5.29. The molecule has 1 aromatic carbocycles. The van der Waals surface area contributed by atoms with Gasteiger partial charge in [0.25, 0.3) is 0 Å². The number of nitrogens with zero attached hydrogens (tertiary/aromatic N) is 1. The molecule has 18 heavy (non-hydrogen) atoms. The summed E-state index contributed by atoms with van der Waals surface area (Å²) < 4.78 is 0. The van der Waals surface area contributed by atoms with E-state index in [4.69, 9.17) is 11.6 Å². The third kappa shape index (κ3) is 4.48. The molecule has 0 unspecified atom stereocenters. The molecule has 4 heteroatoms. The Bertz CT molecular complexity index is 349. The van der Waals surface area contributed by atoms with E-state index < -0.39 is 0 Å². The first-order valence-corrected chi connectivity index (χ1v) is 7.02. The van der Waals surface area contributed by atoms with Gasteiger partial charge in [-0.05, 0) is 50.2 Å². The Morgan fingerprint density at radius 1 is 1.17 bits per heavy atom. The second-order valence-corrected chi connectivity index (χ2v) is 5.34. The standard InChI is InChI=1S/C14H21ClN2O/c15-12-4-6-13(7-5-12)16-10-14(18)11-17-8-2-1-3-9-17/h4-7,14,16,18H,1-3,8-11H2/t14-/m1/s1. The third-order valence-corrected chi connectivity index (χ3v) is 3.56. The van der Waals surface area contributed by atoms with Crippen LogP contribution in [0.2, 0.25) is 5.02 Å². The molecule has 0 aromatic heterocycles. The number of aliphatic hydroxyl groups excluding tert-OH is 1. The highest BCUT2D eigenvalue weighted by molar-refractivity contribution is 6.30. The van der Waals surface area contributed by atoms with E-state index in [1.54, 1.807) is 0 Å². The van der Waals surface area contributed by atoms with Crippen molar-refractivity contribution in [2.24, 2.45) is 0 Å². The molecule has 100 valence electrons. The molecular weight excluding hydrogens is 248 g/mol. The summed E-state index contributed by atoms with van der Waals surface area (Å²) in [5, 5.41) is 13.9. The van der Waals surface area contributed by atoms with Crippen LogP contribution in [0.1, 0.15) is 19.3 Å². The highest BCUT2D eigenvalue weighted by Crippen LogP contribution is 2.13. The van der Waals surface area contributed by atoms with Gasteiger partial charge in [-0.15, -0.1) is 0 Å². The van der Waals surface area contributed by atoms with Crippen LogP contribution in [0.5, 0.6) is 0 Å². The Morgan fingerprint density at radius 2 is 1.83 bits per heavy atom. The highest BCUT2D eigenvalue weighted by atomic mass is 35.5. The number of hydrogen-bond donors (Lipinski definition) is 2. The van der Waals surface area contributed by atoms with E-state index in [9.17, 15) is 5.11 Å². The lowest BCUT2D eigenvalue weighted by atomic mass is 10.1. The van der Waals surface area contributed by atoms with Crippen molar-refractivity contribution in [2.75, 3.05) is 31.5 Å². The van der Waals surface area contributed by atoms with Crippen molar-refractivity contribution in [3.8, 4) is 0 Å². The van der Waals surface area contributed by atoms with Gasteiger partial charge in [0.1, 0.15) is 0 Å². The molecule has 1 saturated heterocycles. The lowest BCUT2D eigenvalue weighted by molar-refractivity contribution is 0.110. The average molecular weight is 269 g/mol. The van der Waals surface area contributed by atoms with E-state index >= 15 is 0 Å². The first-order valence-electron chi connectivity index (χ1n) is 6.64. The number of rotatable bonds is 5. The number of β-amino-alcohol motifs (C(OH)–C–C–N with tert-alkyl or cyclic N) is 1. The van der Waals surface area contributed by atoms with Crippen LogP contribution in [-0.4, -0.2) is 42.3 Å². The molecule has 0 aliphatic carbocycles. The van der Waals surface area contributed by atoms with Crippen molar-refractivity contribution < 1.29 is 5.11 Å². The first-order chi connectivity index (χ1) is 8.74. The second kappa shape index (κ2) is 6.98. The van der Waals surface area contributed by atoms with Gasteiger partial charge in [0, 0.05) is 23.8 Å². The van der Waals surface area contributed by atoms with Crippen LogP contribution in [0.3, 0.4) is 0 Å². The van der Waals surface area contributed by atoms with Gasteiger partial charge in [0.2, 0.25) is 0 Å². The predicted molar refractivity (Wildman–Crippen MR) is 76.2 cm³/mol. The normalized spacial score (nSPS) is 18.6. The zero-order valence-corrected chi connectivity index (χ0v) is 11.4. The van der Waals surface area contributed by atoms with E-state index in [0.717, 1.165) is 30.3 Å². The molecule has 3 nitrogen and oxygen atoms in total. The van der Waals surface area contributed by atoms with Gasteiger partial charge in [-0.3, -0.25) is 0 Å². The molecule has 1 aliphatic heterocycles. The topological polar surface area (TPSA) is 35.5 Å². The summed E-state index contributed by atoms with van der Waals surface area (Å²) in [5.74, 6) is 0. The van der Waals surface area contributed by atoms with Crippen LogP contribution in [0, 0.1) is 0 Å². The molecule has 1 heterocycles. The fourth-order valence-corrected chi connectivity index (χ4v) is 2.43. The monoisotopic (exact) mass is 268 g/mol. The summed E-state index contributed by atoms with van der Waals surface area (Å²) in [4.78, 5) is 2.34. The maximum atomic E-state index is 9.99. The van der Waals surface area contributed by atoms with Gasteiger partial charge in [-0.25, -0.2) is 0 Å². The van der Waals surface area contributed by atoms with Crippen LogP contribution in [0.25, 0.3) is 0 Å². The lowest BCUT2D eigenvalue weighted by Crippen LogP contribution is -2.39. The summed E-state index contributed by atoms with van der Waals surface area (Å²) in [5.41, 5.74) is 0.997. The number of nitrogens with one attached hydrogen (secondary N) is 1. The van der Waals surface area contributed by atoms with E-state index in [0.29, 0.717) is 6.54 Å². The third-order valence-electron chi connectivity index (χ3n) is 3.30. The van der Waals surface area contributed by atoms with E-state index in [1.165, 1.54) is 19.3 Å². The van der Waals surface area contributed by atoms with Crippen molar-refractivity contribution in [1.29, 1.82) is 0 Å². The number of likely N-dealkylation sites (tertiary alicyclic amines) is 1. The molecule has 1 atom stereocenters. The molecule has 0 spiro atoms. The largest absolute Gasteiger partial charge is 0.390 e. The number of halogens is 1. The zero-order chi connectivity index (χ0) is 12.8. The summed E-state index contributed by atoms with van der Waals surface area (Å²) in [6.07, 6.45) is 3.53. The fourth-order valence-electron chi connectivity index (χ4n) is 2.31. The van der Waals surface area contributed by atoms with Gasteiger partial charge in [0.05, 0.1) is 6.10 Å². The maximum Gasteiger partial charge on any atom is 0.0839 e. The first kappa shape index (κ1) is 13.7. The Balaban J connectivity index is 1.70. The lowest BCUT2D eigenvalue weighted by Gasteiger charge is -2.28. The van der Waals surface area contributed by atoms with Crippen LogP contribution >= 0.6 is 11.6 Å². The van der Waals surface area contributed by atoms with Gasteiger partial charge < -0.3 is 15.3 Å². The minimum absolute atomic E-state index is 0.321. The van der Waals surface area contributed by atoms with Gasteiger partial charge in [-0.2, -0.15) is 0 Å².